The van der Waals surface area contributed by atoms with Crippen molar-refractivity contribution in [3.8, 4) is 0 Å². The third kappa shape index (κ3) is 5.27. The Labute approximate surface area is 147 Å². The number of nitrogens with two attached hydrogens (primary N) is 1. The van der Waals surface area contributed by atoms with E-state index in [0.717, 1.165) is 16.3 Å². The van der Waals surface area contributed by atoms with Crippen LogP contribution in [0.3, 0.4) is 0 Å². The summed E-state index contributed by atoms with van der Waals surface area (Å²) >= 11 is 0. The van der Waals surface area contributed by atoms with Gasteiger partial charge in [-0.05, 0) is 28.3 Å². The number of rotatable bonds is 7. The first-order valence-corrected chi connectivity index (χ1v) is 8.35. The molecular weight excluding hydrogens is 318 g/mol. The molecule has 134 valence electrons. The molecule has 0 aromatic heterocycles. The highest BCUT2D eigenvalue weighted by Gasteiger charge is 2.18. The molecule has 2 amide bonds. The van der Waals surface area contributed by atoms with Crippen LogP contribution in [0.2, 0.25) is 0 Å². The molecule has 6 heteroatoms. The minimum absolute atomic E-state index is 0.00205. The van der Waals surface area contributed by atoms with Gasteiger partial charge in [-0.2, -0.15) is 0 Å². The van der Waals surface area contributed by atoms with Crippen LogP contribution in [-0.4, -0.2) is 36.1 Å². The van der Waals surface area contributed by atoms with Gasteiger partial charge < -0.3 is 21.5 Å². The van der Waals surface area contributed by atoms with Crippen molar-refractivity contribution in [3.05, 3.63) is 48.0 Å². The Morgan fingerprint density at radius 3 is 2.44 bits per heavy atom. The molecule has 0 aliphatic carbocycles. The molecule has 0 saturated carbocycles. The summed E-state index contributed by atoms with van der Waals surface area (Å²) in [6.45, 7) is 3.58. The van der Waals surface area contributed by atoms with E-state index in [1.165, 1.54) is 0 Å². The molecule has 0 aliphatic rings. The summed E-state index contributed by atoms with van der Waals surface area (Å²) in [6.07, 6.45) is -0.817. The van der Waals surface area contributed by atoms with Crippen LogP contribution in [0.5, 0.6) is 0 Å². The number of hydrogen-bond donors (Lipinski definition) is 4. The summed E-state index contributed by atoms with van der Waals surface area (Å²) in [7, 11) is 0. The second-order valence-electron chi connectivity index (χ2n) is 6.41. The van der Waals surface area contributed by atoms with Crippen LogP contribution in [0.25, 0.3) is 10.8 Å². The maximum Gasteiger partial charge on any atom is 0.239 e. The minimum atomic E-state index is -0.817. The van der Waals surface area contributed by atoms with Crippen LogP contribution in [0.15, 0.2) is 42.5 Å². The van der Waals surface area contributed by atoms with Crippen LogP contribution in [-0.2, 0) is 9.59 Å². The van der Waals surface area contributed by atoms with Gasteiger partial charge in [0.15, 0.2) is 0 Å². The first-order chi connectivity index (χ1) is 11.9. The Hall–Kier alpha value is -2.44. The predicted molar refractivity (Wildman–Crippen MR) is 97.7 cm³/mol. The van der Waals surface area contributed by atoms with E-state index in [1.54, 1.807) is 0 Å². The van der Waals surface area contributed by atoms with Crippen LogP contribution >= 0.6 is 0 Å². The number of nitrogens with one attached hydrogen (secondary N) is 2. The lowest BCUT2D eigenvalue weighted by Crippen LogP contribution is -2.47. The Balaban J connectivity index is 1.83. The van der Waals surface area contributed by atoms with Gasteiger partial charge in [0.1, 0.15) is 0 Å². The smallest absolute Gasteiger partial charge is 0.239 e. The average Bonchev–Trinajstić information content (AvgIpc) is 2.62. The summed E-state index contributed by atoms with van der Waals surface area (Å²) in [4.78, 5) is 23.5. The molecule has 0 radical (unpaired) electrons. The fraction of sp³-hybridized carbons (Fsp3) is 0.368. The first kappa shape index (κ1) is 18.9. The number of benzene rings is 2. The molecule has 25 heavy (non-hydrogen) atoms. The van der Waals surface area contributed by atoms with Gasteiger partial charge in [-0.3, -0.25) is 9.59 Å². The summed E-state index contributed by atoms with van der Waals surface area (Å²) in [6, 6.07) is 12.9. The van der Waals surface area contributed by atoms with E-state index in [-0.39, 0.29) is 30.8 Å². The number of hydrogen-bond acceptors (Lipinski definition) is 4. The van der Waals surface area contributed by atoms with Crippen LogP contribution in [0, 0.1) is 5.92 Å². The molecule has 0 fully saturated rings. The number of fused-ring (bicyclic) bond motifs is 1. The third-order valence-corrected chi connectivity index (χ3v) is 4.10. The minimum Gasteiger partial charge on any atom is -0.387 e. The van der Waals surface area contributed by atoms with Gasteiger partial charge in [0.25, 0.3) is 0 Å². The zero-order chi connectivity index (χ0) is 18.4. The number of aliphatic hydroxyl groups is 1. The Kier molecular flexibility index (Phi) is 6.50. The van der Waals surface area contributed by atoms with Crippen molar-refractivity contribution in [1.82, 2.24) is 10.6 Å². The maximum atomic E-state index is 11.8. The van der Waals surface area contributed by atoms with Crippen LogP contribution in [0.4, 0.5) is 0 Å². The van der Waals surface area contributed by atoms with Crippen LogP contribution < -0.4 is 16.4 Å². The van der Waals surface area contributed by atoms with E-state index in [9.17, 15) is 14.7 Å². The highest BCUT2D eigenvalue weighted by atomic mass is 16.3. The van der Waals surface area contributed by atoms with Crippen molar-refractivity contribution in [1.29, 1.82) is 0 Å². The number of amides is 2. The molecule has 0 aliphatic heterocycles. The zero-order valence-corrected chi connectivity index (χ0v) is 14.5. The van der Waals surface area contributed by atoms with Gasteiger partial charge in [-0.25, -0.2) is 0 Å². The molecule has 0 heterocycles. The highest BCUT2D eigenvalue weighted by Crippen LogP contribution is 2.19. The lowest BCUT2D eigenvalue weighted by Gasteiger charge is -2.16. The summed E-state index contributed by atoms with van der Waals surface area (Å²) in [5.74, 6) is -0.734. The fourth-order valence-electron chi connectivity index (χ4n) is 2.39. The van der Waals surface area contributed by atoms with E-state index >= 15 is 0 Å². The molecular formula is C19H25N3O3. The van der Waals surface area contributed by atoms with Gasteiger partial charge in [0, 0.05) is 6.54 Å². The lowest BCUT2D eigenvalue weighted by molar-refractivity contribution is -0.127. The molecule has 2 aromatic carbocycles. The van der Waals surface area contributed by atoms with Crippen molar-refractivity contribution in [3.63, 3.8) is 0 Å². The van der Waals surface area contributed by atoms with Crippen molar-refractivity contribution >= 4 is 22.6 Å². The molecule has 1 unspecified atom stereocenters. The van der Waals surface area contributed by atoms with E-state index < -0.39 is 12.1 Å². The first-order valence-electron chi connectivity index (χ1n) is 8.35. The third-order valence-electron chi connectivity index (χ3n) is 4.10. The zero-order valence-electron chi connectivity index (χ0n) is 14.5. The number of aliphatic hydroxyl groups excluding tert-OH is 1. The van der Waals surface area contributed by atoms with Gasteiger partial charge in [-0.15, -0.1) is 0 Å². The standard InChI is InChI=1S/C19H25N3O3/c1-12(2)18(20)19(25)22-11-17(24)21-10-16(23)15-8-7-13-5-3-4-6-14(13)9-15/h3-9,12,16,18,23H,10-11,20H2,1-2H3,(H,21,24)(H,22,25)/t16?,18-/m0/s1. The second-order valence-corrected chi connectivity index (χ2v) is 6.41. The van der Waals surface area contributed by atoms with E-state index in [4.69, 9.17) is 5.73 Å². The molecule has 2 aromatic rings. The van der Waals surface area contributed by atoms with E-state index in [0.29, 0.717) is 0 Å². The maximum absolute atomic E-state index is 11.8. The predicted octanol–water partition coefficient (Wildman–Crippen LogP) is 1.09. The van der Waals surface area contributed by atoms with Crippen molar-refractivity contribution in [2.75, 3.05) is 13.1 Å². The average molecular weight is 343 g/mol. The molecule has 2 atom stereocenters. The quantitative estimate of drug-likeness (QED) is 0.604. The van der Waals surface area contributed by atoms with Gasteiger partial charge in [-0.1, -0.05) is 50.2 Å². The topological polar surface area (TPSA) is 104 Å². The largest absolute Gasteiger partial charge is 0.387 e. The monoisotopic (exact) mass is 343 g/mol. The Morgan fingerprint density at radius 2 is 1.76 bits per heavy atom. The van der Waals surface area contributed by atoms with Crippen molar-refractivity contribution in [2.24, 2.45) is 11.7 Å². The molecule has 5 N–H and O–H groups in total. The van der Waals surface area contributed by atoms with E-state index in [2.05, 4.69) is 10.6 Å². The normalized spacial score (nSPS) is 13.5. The molecule has 0 spiro atoms. The highest BCUT2D eigenvalue weighted by molar-refractivity contribution is 5.87. The molecule has 6 nitrogen and oxygen atoms in total. The molecule has 0 saturated heterocycles. The van der Waals surface area contributed by atoms with Crippen LogP contribution in [0.1, 0.15) is 25.5 Å². The van der Waals surface area contributed by atoms with Crippen molar-refractivity contribution in [2.45, 2.75) is 26.0 Å². The number of carbonyl (C=O) groups is 2. The summed E-state index contributed by atoms with van der Waals surface area (Å²) < 4.78 is 0. The Morgan fingerprint density at radius 1 is 1.08 bits per heavy atom. The fourth-order valence-corrected chi connectivity index (χ4v) is 2.39. The van der Waals surface area contributed by atoms with Gasteiger partial charge in [0.2, 0.25) is 11.8 Å². The van der Waals surface area contributed by atoms with E-state index in [1.807, 2.05) is 56.3 Å². The summed E-state index contributed by atoms with van der Waals surface area (Å²) in [5.41, 5.74) is 6.43. The summed E-state index contributed by atoms with van der Waals surface area (Å²) in [5, 5.41) is 17.5. The number of carbonyl (C=O) groups excluding carboxylic acids is 2. The van der Waals surface area contributed by atoms with Crippen molar-refractivity contribution < 1.29 is 14.7 Å². The van der Waals surface area contributed by atoms with Gasteiger partial charge in [0.05, 0.1) is 18.7 Å². The van der Waals surface area contributed by atoms with Gasteiger partial charge >= 0.3 is 0 Å². The molecule has 2 rings (SSSR count). The molecule has 0 bridgehead atoms. The lowest BCUT2D eigenvalue weighted by atomic mass is 10.0. The SMILES string of the molecule is CC(C)[C@H](N)C(=O)NCC(=O)NCC(O)c1ccc2ccccc2c1. The Bertz CT molecular complexity index is 746. The second kappa shape index (κ2) is 8.60.